The van der Waals surface area contributed by atoms with Crippen molar-refractivity contribution in [3.8, 4) is 0 Å². The Hall–Kier alpha value is -1.85. The Balaban J connectivity index is 2.22. The normalized spacial score (nSPS) is 10.7. The topological polar surface area (TPSA) is 74.6 Å². The van der Waals surface area contributed by atoms with Crippen LogP contribution >= 0.6 is 0 Å². The van der Waals surface area contributed by atoms with Crippen LogP contribution in [0.4, 0.5) is 5.95 Å². The number of nitrogen functional groups attached to an aromatic ring is 1. The Kier molecular flexibility index (Phi) is 1.95. The van der Waals surface area contributed by atoms with Crippen LogP contribution in [-0.2, 0) is 13.6 Å². The lowest BCUT2D eigenvalue weighted by Crippen LogP contribution is -2.06. The molecular formula is C8H12N6. The van der Waals surface area contributed by atoms with Gasteiger partial charge in [0, 0.05) is 7.05 Å². The van der Waals surface area contributed by atoms with Crippen LogP contribution in [0.1, 0.15) is 11.4 Å². The number of hydrogen-bond acceptors (Lipinski definition) is 4. The SMILES string of the molecule is Cc1cc(Cn2cnc(N)n2)n(C)n1. The Labute approximate surface area is 81.4 Å². The third-order valence-corrected chi connectivity index (χ3v) is 1.98. The molecule has 2 aromatic rings. The second-order valence-corrected chi connectivity index (χ2v) is 3.20. The molecule has 0 aliphatic carbocycles. The smallest absolute Gasteiger partial charge is 0.239 e. The first-order chi connectivity index (χ1) is 6.65. The Morgan fingerprint density at radius 1 is 1.43 bits per heavy atom. The summed E-state index contributed by atoms with van der Waals surface area (Å²) in [4.78, 5) is 3.85. The standard InChI is InChI=1S/C8H12N6/c1-6-3-7(13(2)11-6)4-14-5-10-8(9)12-14/h3,5H,4H2,1-2H3,(H2,9,12). The van der Waals surface area contributed by atoms with Gasteiger partial charge in [-0.2, -0.15) is 5.10 Å². The van der Waals surface area contributed by atoms with E-state index in [0.29, 0.717) is 12.5 Å². The molecule has 0 spiro atoms. The summed E-state index contributed by atoms with van der Waals surface area (Å²) in [6.45, 7) is 2.60. The number of nitrogens with zero attached hydrogens (tertiary/aromatic N) is 5. The van der Waals surface area contributed by atoms with Gasteiger partial charge in [0.15, 0.2) is 0 Å². The van der Waals surface area contributed by atoms with Gasteiger partial charge in [-0.1, -0.05) is 0 Å². The van der Waals surface area contributed by atoms with Crippen molar-refractivity contribution in [2.75, 3.05) is 5.73 Å². The molecule has 0 aliphatic rings. The Morgan fingerprint density at radius 3 is 2.71 bits per heavy atom. The average Bonchev–Trinajstić information content (AvgIpc) is 2.61. The molecule has 14 heavy (non-hydrogen) atoms. The number of aryl methyl sites for hydroxylation is 2. The van der Waals surface area contributed by atoms with Crippen LogP contribution in [0.25, 0.3) is 0 Å². The van der Waals surface area contributed by atoms with Crippen molar-refractivity contribution in [2.45, 2.75) is 13.5 Å². The Bertz CT molecular complexity index is 440. The van der Waals surface area contributed by atoms with Crippen molar-refractivity contribution in [3.63, 3.8) is 0 Å². The molecule has 0 saturated carbocycles. The van der Waals surface area contributed by atoms with Gasteiger partial charge in [0.25, 0.3) is 0 Å². The van der Waals surface area contributed by atoms with E-state index < -0.39 is 0 Å². The Morgan fingerprint density at radius 2 is 2.21 bits per heavy atom. The fraction of sp³-hybridized carbons (Fsp3) is 0.375. The number of rotatable bonds is 2. The highest BCUT2D eigenvalue weighted by Crippen LogP contribution is 2.03. The molecule has 0 aromatic carbocycles. The van der Waals surface area contributed by atoms with E-state index in [1.807, 2.05) is 24.7 Å². The number of anilines is 1. The first-order valence-electron chi connectivity index (χ1n) is 4.29. The van der Waals surface area contributed by atoms with E-state index in [1.165, 1.54) is 0 Å². The summed E-state index contributed by atoms with van der Waals surface area (Å²) in [5.74, 6) is 0.295. The van der Waals surface area contributed by atoms with E-state index in [-0.39, 0.29) is 0 Å². The highest BCUT2D eigenvalue weighted by Gasteiger charge is 2.03. The van der Waals surface area contributed by atoms with Crippen molar-refractivity contribution in [1.82, 2.24) is 24.5 Å². The average molecular weight is 192 g/mol. The number of hydrogen-bond donors (Lipinski definition) is 1. The van der Waals surface area contributed by atoms with Gasteiger partial charge in [-0.3, -0.25) is 4.68 Å². The molecule has 0 amide bonds. The predicted molar refractivity (Wildman–Crippen MR) is 51.5 cm³/mol. The lowest BCUT2D eigenvalue weighted by Gasteiger charge is -2.00. The van der Waals surface area contributed by atoms with E-state index >= 15 is 0 Å². The van der Waals surface area contributed by atoms with Crippen molar-refractivity contribution < 1.29 is 0 Å². The van der Waals surface area contributed by atoms with Crippen LogP contribution in [0.2, 0.25) is 0 Å². The minimum atomic E-state index is 0.295. The van der Waals surface area contributed by atoms with Crippen LogP contribution in [0, 0.1) is 6.92 Å². The zero-order valence-corrected chi connectivity index (χ0v) is 8.18. The van der Waals surface area contributed by atoms with Gasteiger partial charge in [0.1, 0.15) is 6.33 Å². The molecule has 0 radical (unpaired) electrons. The monoisotopic (exact) mass is 192 g/mol. The lowest BCUT2D eigenvalue weighted by atomic mass is 10.4. The summed E-state index contributed by atoms with van der Waals surface area (Å²) < 4.78 is 3.51. The molecule has 2 heterocycles. The third-order valence-electron chi connectivity index (χ3n) is 1.98. The highest BCUT2D eigenvalue weighted by atomic mass is 15.4. The van der Waals surface area contributed by atoms with E-state index in [2.05, 4.69) is 15.2 Å². The fourth-order valence-electron chi connectivity index (χ4n) is 1.36. The molecule has 2 aromatic heterocycles. The summed E-state index contributed by atoms with van der Waals surface area (Å²) in [6, 6.07) is 2.01. The molecule has 74 valence electrons. The second-order valence-electron chi connectivity index (χ2n) is 3.20. The van der Waals surface area contributed by atoms with Crippen molar-refractivity contribution in [3.05, 3.63) is 23.8 Å². The van der Waals surface area contributed by atoms with Gasteiger partial charge in [0.05, 0.1) is 17.9 Å². The van der Waals surface area contributed by atoms with Gasteiger partial charge in [-0.05, 0) is 13.0 Å². The number of aromatic nitrogens is 5. The summed E-state index contributed by atoms with van der Waals surface area (Å²) in [5.41, 5.74) is 7.48. The molecule has 0 bridgehead atoms. The summed E-state index contributed by atoms with van der Waals surface area (Å²) >= 11 is 0. The quantitative estimate of drug-likeness (QED) is 0.724. The van der Waals surface area contributed by atoms with Gasteiger partial charge in [-0.25, -0.2) is 9.67 Å². The minimum absolute atomic E-state index is 0.295. The van der Waals surface area contributed by atoms with E-state index in [4.69, 9.17) is 5.73 Å². The van der Waals surface area contributed by atoms with Crippen LogP contribution in [0.5, 0.6) is 0 Å². The van der Waals surface area contributed by atoms with Crippen molar-refractivity contribution in [2.24, 2.45) is 7.05 Å². The summed E-state index contributed by atoms with van der Waals surface area (Å²) in [7, 11) is 1.91. The van der Waals surface area contributed by atoms with Gasteiger partial charge >= 0.3 is 0 Å². The molecule has 6 heteroatoms. The molecule has 6 nitrogen and oxygen atoms in total. The summed E-state index contributed by atoms with van der Waals surface area (Å²) in [6.07, 6.45) is 1.61. The second kappa shape index (κ2) is 3.13. The maximum absolute atomic E-state index is 5.41. The van der Waals surface area contributed by atoms with Gasteiger partial charge in [-0.15, -0.1) is 5.10 Å². The molecule has 0 unspecified atom stereocenters. The van der Waals surface area contributed by atoms with Crippen LogP contribution in [0.3, 0.4) is 0 Å². The first-order valence-corrected chi connectivity index (χ1v) is 4.29. The van der Waals surface area contributed by atoms with E-state index in [1.54, 1.807) is 11.0 Å². The molecule has 0 fully saturated rings. The first kappa shape index (κ1) is 8.74. The van der Waals surface area contributed by atoms with Gasteiger partial charge < -0.3 is 5.73 Å². The highest BCUT2D eigenvalue weighted by molar-refractivity contribution is 5.12. The third kappa shape index (κ3) is 1.59. The molecule has 0 saturated heterocycles. The zero-order valence-electron chi connectivity index (χ0n) is 8.18. The van der Waals surface area contributed by atoms with Crippen molar-refractivity contribution in [1.29, 1.82) is 0 Å². The maximum atomic E-state index is 5.41. The van der Waals surface area contributed by atoms with Crippen LogP contribution in [-0.4, -0.2) is 24.5 Å². The fourth-order valence-corrected chi connectivity index (χ4v) is 1.36. The van der Waals surface area contributed by atoms with E-state index in [0.717, 1.165) is 11.4 Å². The van der Waals surface area contributed by atoms with Gasteiger partial charge in [0.2, 0.25) is 5.95 Å². The molecule has 2 rings (SSSR count). The largest absolute Gasteiger partial charge is 0.367 e. The zero-order chi connectivity index (χ0) is 10.1. The molecule has 0 aliphatic heterocycles. The van der Waals surface area contributed by atoms with Crippen LogP contribution in [0.15, 0.2) is 12.4 Å². The van der Waals surface area contributed by atoms with Crippen molar-refractivity contribution >= 4 is 5.95 Å². The minimum Gasteiger partial charge on any atom is -0.367 e. The predicted octanol–water partition coefficient (Wildman–Crippen LogP) is -0.0495. The maximum Gasteiger partial charge on any atom is 0.239 e. The number of nitrogens with two attached hydrogens (primary N) is 1. The lowest BCUT2D eigenvalue weighted by molar-refractivity contribution is 0.619. The molecule has 2 N–H and O–H groups in total. The van der Waals surface area contributed by atoms with Crippen LogP contribution < -0.4 is 5.73 Å². The van der Waals surface area contributed by atoms with E-state index in [9.17, 15) is 0 Å². The molecule has 0 atom stereocenters. The molecular weight excluding hydrogens is 180 g/mol. The summed E-state index contributed by atoms with van der Waals surface area (Å²) in [5, 5.41) is 8.24.